The lowest BCUT2D eigenvalue weighted by atomic mass is 9.96. The Balaban J connectivity index is 1.80. The topological polar surface area (TPSA) is 188 Å². The molecule has 0 spiro atoms. The van der Waals surface area contributed by atoms with E-state index in [4.69, 9.17) is 35.8 Å². The molecule has 0 aromatic carbocycles. The minimum atomic E-state index is -1.16. The Labute approximate surface area is 239 Å². The lowest BCUT2D eigenvalue weighted by Crippen LogP contribution is -2.57. The maximum absolute atomic E-state index is 12.3. The maximum atomic E-state index is 12.3. The van der Waals surface area contributed by atoms with E-state index in [-0.39, 0.29) is 22.2 Å². The summed E-state index contributed by atoms with van der Waals surface area (Å²) >= 11 is 8.17. The van der Waals surface area contributed by atoms with Crippen LogP contribution in [0.15, 0.2) is 33.5 Å². The molecule has 40 heavy (non-hydrogen) atoms. The highest BCUT2D eigenvalue weighted by Gasteiger charge is 2.52. The van der Waals surface area contributed by atoms with Crippen LogP contribution >= 0.6 is 34.7 Å². The number of nitrogens with one attached hydrogen (secondary N) is 1. The summed E-state index contributed by atoms with van der Waals surface area (Å²) in [7, 11) is 0. The van der Waals surface area contributed by atoms with Crippen LogP contribution in [0.25, 0.3) is 11.4 Å². The number of halogens is 1. The van der Waals surface area contributed by atoms with E-state index >= 15 is 0 Å². The van der Waals surface area contributed by atoms with Gasteiger partial charge in [0.05, 0.1) is 16.9 Å². The third-order valence-electron chi connectivity index (χ3n) is 5.46. The van der Waals surface area contributed by atoms with Gasteiger partial charge in [-0.25, -0.2) is 9.67 Å². The van der Waals surface area contributed by atoms with Crippen LogP contribution in [0, 0.1) is 11.3 Å². The number of thiazole rings is 1. The minimum absolute atomic E-state index is 0.0225. The van der Waals surface area contributed by atoms with Gasteiger partial charge >= 0.3 is 22.8 Å². The van der Waals surface area contributed by atoms with E-state index in [2.05, 4.69) is 20.3 Å². The largest absolute Gasteiger partial charge is 0.463 e. The second kappa shape index (κ2) is 12.6. The van der Waals surface area contributed by atoms with Crippen molar-refractivity contribution in [3.05, 3.63) is 44.2 Å². The lowest BCUT2D eigenvalue weighted by molar-refractivity contribution is -0.212. The number of aromatic nitrogens is 5. The average molecular weight is 609 g/mol. The SMILES string of the molecule is CC(=O)OCC1OC(Sc2cnc(C#N)c(Cl)c2)C(OC(C)=O)C(n2cc(-c3csc(=O)[nH]3)nn2)C1OC(C)=O. The molecule has 4 rings (SSSR count). The fraction of sp³-hybridized carbons (Fsp3) is 0.391. The first-order valence-corrected chi connectivity index (χ1v) is 13.6. The molecule has 0 amide bonds. The van der Waals surface area contributed by atoms with Gasteiger partial charge in [-0.2, -0.15) is 5.26 Å². The van der Waals surface area contributed by atoms with Crippen LogP contribution in [0.1, 0.15) is 32.5 Å². The Morgan fingerprint density at radius 2 is 1.95 bits per heavy atom. The highest BCUT2D eigenvalue weighted by Crippen LogP contribution is 2.41. The van der Waals surface area contributed by atoms with E-state index < -0.39 is 47.7 Å². The summed E-state index contributed by atoms with van der Waals surface area (Å²) in [4.78, 5) is 54.6. The molecule has 0 aliphatic carbocycles. The fourth-order valence-corrected chi connectivity index (χ4v) is 5.89. The fourth-order valence-electron chi connectivity index (χ4n) is 3.93. The molecular formula is C23H21ClN6O8S2. The molecule has 4 heterocycles. The smallest absolute Gasteiger partial charge is 0.304 e. The molecule has 3 aromatic heterocycles. The summed E-state index contributed by atoms with van der Waals surface area (Å²) < 4.78 is 24.0. The van der Waals surface area contributed by atoms with Gasteiger partial charge in [-0.05, 0) is 6.07 Å². The van der Waals surface area contributed by atoms with Crippen molar-refractivity contribution in [1.29, 1.82) is 5.26 Å². The first-order chi connectivity index (χ1) is 19.0. The van der Waals surface area contributed by atoms with E-state index in [1.54, 1.807) is 5.38 Å². The van der Waals surface area contributed by atoms with E-state index in [1.165, 1.54) is 43.9 Å². The van der Waals surface area contributed by atoms with Crippen LogP contribution < -0.4 is 4.87 Å². The van der Waals surface area contributed by atoms with Crippen LogP contribution in [0.4, 0.5) is 0 Å². The Morgan fingerprint density at radius 3 is 2.55 bits per heavy atom. The summed E-state index contributed by atoms with van der Waals surface area (Å²) in [5.41, 5.74) is -0.256. The molecule has 17 heteroatoms. The zero-order valence-electron chi connectivity index (χ0n) is 21.1. The van der Waals surface area contributed by atoms with Gasteiger partial charge in [-0.3, -0.25) is 19.2 Å². The number of thioether (sulfide) groups is 1. The normalized spacial score (nSPS) is 22.2. The van der Waals surface area contributed by atoms with Crippen LogP contribution in [0.3, 0.4) is 0 Å². The lowest BCUT2D eigenvalue weighted by Gasteiger charge is -2.44. The van der Waals surface area contributed by atoms with Crippen LogP contribution in [0.5, 0.6) is 0 Å². The Hall–Kier alpha value is -3.78. The number of hydrogen-bond donors (Lipinski definition) is 1. The number of carbonyl (C=O) groups is 3. The zero-order valence-corrected chi connectivity index (χ0v) is 23.5. The highest BCUT2D eigenvalue weighted by molar-refractivity contribution is 7.99. The van der Waals surface area contributed by atoms with Crippen molar-refractivity contribution in [3.8, 4) is 17.5 Å². The second-order valence-corrected chi connectivity index (χ2v) is 10.8. The number of pyridine rings is 1. The molecule has 1 N–H and O–H groups in total. The van der Waals surface area contributed by atoms with Gasteiger partial charge < -0.3 is 23.9 Å². The molecule has 1 fully saturated rings. The van der Waals surface area contributed by atoms with Gasteiger partial charge in [-0.1, -0.05) is 39.9 Å². The Kier molecular flexibility index (Phi) is 9.20. The summed E-state index contributed by atoms with van der Waals surface area (Å²) in [6.07, 6.45) is -0.427. The van der Waals surface area contributed by atoms with Crippen LogP contribution in [-0.2, 0) is 33.3 Å². The molecule has 210 valence electrons. The number of carbonyl (C=O) groups excluding carboxylic acids is 3. The van der Waals surface area contributed by atoms with E-state index in [1.807, 2.05) is 6.07 Å². The molecule has 0 saturated carbocycles. The number of ether oxygens (including phenoxy) is 4. The standard InChI is InChI=1S/C23H21ClN6O8S2/c1-10(31)35-8-18-20(36-11(2)32)19(30-7-16(28-29-30)17-9-39-23(34)27-17)21(37-12(3)33)22(38-18)40-13-4-14(24)15(5-25)26-6-13/h4,6-7,9,18-22H,8H2,1-3H3,(H,27,34). The van der Waals surface area contributed by atoms with Gasteiger partial charge in [0, 0.05) is 37.2 Å². The van der Waals surface area contributed by atoms with Gasteiger partial charge in [0.1, 0.15) is 36.0 Å². The number of nitriles is 1. The molecule has 3 aromatic rings. The van der Waals surface area contributed by atoms with Crippen molar-refractivity contribution in [3.63, 3.8) is 0 Å². The zero-order chi connectivity index (χ0) is 29.0. The quantitative estimate of drug-likeness (QED) is 0.289. The molecule has 0 bridgehead atoms. The number of hydrogen-bond acceptors (Lipinski definition) is 14. The van der Waals surface area contributed by atoms with E-state index in [0.29, 0.717) is 16.3 Å². The van der Waals surface area contributed by atoms with Crippen molar-refractivity contribution in [1.82, 2.24) is 25.0 Å². The van der Waals surface area contributed by atoms with Crippen molar-refractivity contribution >= 4 is 52.6 Å². The summed E-state index contributed by atoms with van der Waals surface area (Å²) in [5.74, 6) is -1.94. The molecular weight excluding hydrogens is 588 g/mol. The predicted octanol–water partition coefficient (Wildman–Crippen LogP) is 2.10. The minimum Gasteiger partial charge on any atom is -0.463 e. The summed E-state index contributed by atoms with van der Waals surface area (Å²) in [6.45, 7) is 3.30. The van der Waals surface area contributed by atoms with Crippen molar-refractivity contribution < 1.29 is 33.3 Å². The third kappa shape index (κ3) is 6.86. The van der Waals surface area contributed by atoms with E-state index in [9.17, 15) is 19.2 Å². The summed E-state index contributed by atoms with van der Waals surface area (Å²) in [6, 6.07) is 2.36. The summed E-state index contributed by atoms with van der Waals surface area (Å²) in [5, 5.41) is 19.1. The molecule has 5 unspecified atom stereocenters. The van der Waals surface area contributed by atoms with E-state index in [0.717, 1.165) is 23.1 Å². The molecule has 14 nitrogen and oxygen atoms in total. The third-order valence-corrected chi connectivity index (χ3v) is 7.52. The predicted molar refractivity (Wildman–Crippen MR) is 139 cm³/mol. The molecule has 0 radical (unpaired) electrons. The van der Waals surface area contributed by atoms with Crippen molar-refractivity contribution in [2.75, 3.05) is 6.61 Å². The first-order valence-electron chi connectivity index (χ1n) is 11.5. The molecule has 1 saturated heterocycles. The van der Waals surface area contributed by atoms with Gasteiger partial charge in [0.2, 0.25) is 0 Å². The number of aromatic amines is 1. The molecule has 5 atom stereocenters. The highest BCUT2D eigenvalue weighted by atomic mass is 35.5. The Morgan fingerprint density at radius 1 is 1.23 bits per heavy atom. The van der Waals surface area contributed by atoms with Gasteiger partial charge in [0.25, 0.3) is 0 Å². The Bertz CT molecular complexity index is 1520. The van der Waals surface area contributed by atoms with Crippen molar-refractivity contribution in [2.45, 2.75) is 55.5 Å². The second-order valence-electron chi connectivity index (χ2n) is 8.36. The number of nitrogens with zero attached hydrogens (tertiary/aromatic N) is 5. The average Bonchev–Trinajstić information content (AvgIpc) is 3.53. The van der Waals surface area contributed by atoms with Gasteiger partial charge in [0.15, 0.2) is 17.9 Å². The first kappa shape index (κ1) is 29.2. The maximum Gasteiger partial charge on any atom is 0.304 e. The van der Waals surface area contributed by atoms with Crippen LogP contribution in [-0.4, -0.2) is 73.2 Å². The monoisotopic (exact) mass is 608 g/mol. The molecule has 1 aliphatic heterocycles. The van der Waals surface area contributed by atoms with Gasteiger partial charge in [-0.15, -0.1) is 5.10 Å². The van der Waals surface area contributed by atoms with Crippen LogP contribution in [0.2, 0.25) is 5.02 Å². The number of esters is 3. The van der Waals surface area contributed by atoms with Crippen molar-refractivity contribution in [2.24, 2.45) is 0 Å². The number of H-pyrrole nitrogens is 1. The molecule has 1 aliphatic rings. The number of rotatable bonds is 8.